The van der Waals surface area contributed by atoms with E-state index in [4.69, 9.17) is 9.47 Å². The molecule has 0 aliphatic carbocycles. The number of sulfonamides is 1. The molecular formula is C23H30N2O5S. The number of piperidine rings is 1. The van der Waals surface area contributed by atoms with E-state index < -0.39 is 10.0 Å². The molecule has 1 aliphatic heterocycles. The lowest BCUT2D eigenvalue weighted by atomic mass is 10.2. The van der Waals surface area contributed by atoms with E-state index in [-0.39, 0.29) is 23.0 Å². The molecule has 1 aliphatic rings. The van der Waals surface area contributed by atoms with E-state index >= 15 is 0 Å². The summed E-state index contributed by atoms with van der Waals surface area (Å²) in [4.78, 5) is 12.4. The van der Waals surface area contributed by atoms with Crippen LogP contribution < -0.4 is 14.8 Å². The number of hydrogen-bond acceptors (Lipinski definition) is 5. The third-order valence-corrected chi connectivity index (χ3v) is 7.14. The first kappa shape index (κ1) is 23.1. The maximum atomic E-state index is 13.1. The third-order valence-electron chi connectivity index (χ3n) is 5.22. The van der Waals surface area contributed by atoms with Gasteiger partial charge in [0.25, 0.3) is 0 Å². The van der Waals surface area contributed by atoms with Crippen molar-refractivity contribution in [2.24, 2.45) is 0 Å². The van der Waals surface area contributed by atoms with Crippen molar-refractivity contribution < 1.29 is 22.7 Å². The van der Waals surface area contributed by atoms with Gasteiger partial charge < -0.3 is 14.8 Å². The summed E-state index contributed by atoms with van der Waals surface area (Å²) in [5.74, 6) is 0.850. The van der Waals surface area contributed by atoms with Gasteiger partial charge in [0.15, 0.2) is 0 Å². The number of rotatable bonds is 9. The normalized spacial score (nSPS) is 14.8. The van der Waals surface area contributed by atoms with Gasteiger partial charge in [-0.05, 0) is 56.5 Å². The van der Waals surface area contributed by atoms with Gasteiger partial charge in [0, 0.05) is 25.2 Å². The number of carbonyl (C=O) groups excluding carboxylic acids is 1. The predicted octanol–water partition coefficient (Wildman–Crippen LogP) is 3.98. The van der Waals surface area contributed by atoms with Crippen LogP contribution in [0.4, 0.5) is 5.69 Å². The molecular weight excluding hydrogens is 416 g/mol. The van der Waals surface area contributed by atoms with Crippen molar-refractivity contribution in [1.29, 1.82) is 0 Å². The molecule has 2 aromatic rings. The van der Waals surface area contributed by atoms with Gasteiger partial charge in [-0.15, -0.1) is 0 Å². The van der Waals surface area contributed by atoms with E-state index in [1.54, 1.807) is 12.1 Å². The molecule has 0 radical (unpaired) electrons. The molecule has 0 saturated carbocycles. The molecule has 0 spiro atoms. The fourth-order valence-corrected chi connectivity index (χ4v) is 5.18. The van der Waals surface area contributed by atoms with Crippen molar-refractivity contribution in [3.8, 4) is 11.5 Å². The molecule has 1 N–H and O–H groups in total. The minimum atomic E-state index is -3.68. The molecule has 8 heteroatoms. The van der Waals surface area contributed by atoms with E-state index in [2.05, 4.69) is 5.32 Å². The highest BCUT2D eigenvalue weighted by Gasteiger charge is 2.29. The Morgan fingerprint density at radius 1 is 1.06 bits per heavy atom. The first-order chi connectivity index (χ1) is 14.9. The van der Waals surface area contributed by atoms with Gasteiger partial charge in [0.1, 0.15) is 16.4 Å². The Hall–Kier alpha value is -2.58. The van der Waals surface area contributed by atoms with Crippen molar-refractivity contribution in [3.63, 3.8) is 0 Å². The average molecular weight is 447 g/mol. The second-order valence-electron chi connectivity index (χ2n) is 7.64. The number of methoxy groups -OCH3 is 1. The summed E-state index contributed by atoms with van der Waals surface area (Å²) in [5, 5.41) is 2.78. The molecule has 31 heavy (non-hydrogen) atoms. The highest BCUT2D eigenvalue weighted by Crippen LogP contribution is 2.31. The van der Waals surface area contributed by atoms with Crippen molar-refractivity contribution in [3.05, 3.63) is 48.0 Å². The van der Waals surface area contributed by atoms with Crippen LogP contribution in [0.5, 0.6) is 11.5 Å². The molecule has 3 rings (SSSR count). The summed E-state index contributed by atoms with van der Waals surface area (Å²) in [6, 6.07) is 12.4. The monoisotopic (exact) mass is 446 g/mol. The Bertz CT molecular complexity index is 984. The number of ether oxygens (including phenoxy) is 2. The van der Waals surface area contributed by atoms with E-state index in [1.165, 1.54) is 17.5 Å². The Labute approximate surface area is 184 Å². The van der Waals surface area contributed by atoms with Gasteiger partial charge >= 0.3 is 0 Å². The number of benzene rings is 2. The molecule has 168 valence electrons. The van der Waals surface area contributed by atoms with Crippen LogP contribution in [-0.4, -0.2) is 45.4 Å². The molecule has 0 bridgehead atoms. The largest absolute Gasteiger partial charge is 0.495 e. The van der Waals surface area contributed by atoms with Crippen molar-refractivity contribution >= 4 is 21.6 Å². The van der Waals surface area contributed by atoms with Gasteiger partial charge in [-0.3, -0.25) is 4.79 Å². The van der Waals surface area contributed by atoms with Crippen LogP contribution in [0.25, 0.3) is 0 Å². The smallest absolute Gasteiger partial charge is 0.246 e. The highest BCUT2D eigenvalue weighted by atomic mass is 32.2. The fourth-order valence-electron chi connectivity index (χ4n) is 3.48. The summed E-state index contributed by atoms with van der Waals surface area (Å²) < 4.78 is 38.6. The molecule has 0 aromatic heterocycles. The zero-order valence-corrected chi connectivity index (χ0v) is 18.9. The standard InChI is InChI=1S/C23H30N2O5S/c1-18-8-11-20(12-9-18)30-16-6-7-23(26)24-19-10-13-21(29-2)22(17-19)31(27,28)25-14-4-3-5-15-25/h8-13,17H,3-7,14-16H2,1-2H3,(H,24,26). The minimum absolute atomic E-state index is 0.0809. The average Bonchev–Trinajstić information content (AvgIpc) is 2.78. The summed E-state index contributed by atoms with van der Waals surface area (Å²) in [6.45, 7) is 3.44. The maximum absolute atomic E-state index is 13.1. The van der Waals surface area contributed by atoms with Crippen LogP contribution in [0.2, 0.25) is 0 Å². The first-order valence-corrected chi connectivity index (χ1v) is 12.0. The Balaban J connectivity index is 1.58. The van der Waals surface area contributed by atoms with Crippen molar-refractivity contribution in [2.75, 3.05) is 32.1 Å². The number of amides is 1. The molecule has 2 aromatic carbocycles. The lowest BCUT2D eigenvalue weighted by Gasteiger charge is -2.26. The zero-order chi connectivity index (χ0) is 22.3. The van der Waals surface area contributed by atoms with E-state index in [9.17, 15) is 13.2 Å². The molecule has 7 nitrogen and oxygen atoms in total. The molecule has 0 unspecified atom stereocenters. The fraction of sp³-hybridized carbons (Fsp3) is 0.435. The Kier molecular flexibility index (Phi) is 7.92. The third kappa shape index (κ3) is 6.21. The van der Waals surface area contributed by atoms with Crippen LogP contribution >= 0.6 is 0 Å². The number of hydrogen-bond donors (Lipinski definition) is 1. The molecule has 0 atom stereocenters. The summed E-state index contributed by atoms with van der Waals surface area (Å²) in [6.07, 6.45) is 3.55. The second kappa shape index (κ2) is 10.6. The van der Waals surface area contributed by atoms with Crippen LogP contribution in [0.3, 0.4) is 0 Å². The predicted molar refractivity (Wildman–Crippen MR) is 120 cm³/mol. The number of aryl methyl sites for hydroxylation is 1. The lowest BCUT2D eigenvalue weighted by molar-refractivity contribution is -0.116. The van der Waals surface area contributed by atoms with Crippen LogP contribution in [0.1, 0.15) is 37.7 Å². The first-order valence-electron chi connectivity index (χ1n) is 10.6. The summed E-state index contributed by atoms with van der Waals surface area (Å²) in [7, 11) is -2.24. The van der Waals surface area contributed by atoms with Crippen LogP contribution in [0, 0.1) is 6.92 Å². The summed E-state index contributed by atoms with van der Waals surface area (Å²) in [5.41, 5.74) is 1.59. The van der Waals surface area contributed by atoms with Gasteiger partial charge in [0.05, 0.1) is 13.7 Å². The van der Waals surface area contributed by atoms with Gasteiger partial charge in [-0.25, -0.2) is 8.42 Å². The van der Waals surface area contributed by atoms with Crippen LogP contribution in [0.15, 0.2) is 47.4 Å². The molecule has 1 saturated heterocycles. The Morgan fingerprint density at radius 2 is 1.77 bits per heavy atom. The lowest BCUT2D eigenvalue weighted by Crippen LogP contribution is -2.35. The quantitative estimate of drug-likeness (QED) is 0.589. The molecule has 1 heterocycles. The van der Waals surface area contributed by atoms with Gasteiger partial charge in [-0.1, -0.05) is 24.1 Å². The van der Waals surface area contributed by atoms with Gasteiger partial charge in [0.2, 0.25) is 15.9 Å². The van der Waals surface area contributed by atoms with Gasteiger partial charge in [-0.2, -0.15) is 4.31 Å². The van der Waals surface area contributed by atoms with E-state index in [0.29, 0.717) is 31.8 Å². The maximum Gasteiger partial charge on any atom is 0.246 e. The van der Waals surface area contributed by atoms with Crippen molar-refractivity contribution in [2.45, 2.75) is 43.9 Å². The highest BCUT2D eigenvalue weighted by molar-refractivity contribution is 7.89. The van der Waals surface area contributed by atoms with E-state index in [1.807, 2.05) is 31.2 Å². The van der Waals surface area contributed by atoms with Crippen LogP contribution in [-0.2, 0) is 14.8 Å². The minimum Gasteiger partial charge on any atom is -0.495 e. The zero-order valence-electron chi connectivity index (χ0n) is 18.1. The van der Waals surface area contributed by atoms with E-state index in [0.717, 1.165) is 30.6 Å². The topological polar surface area (TPSA) is 84.9 Å². The summed E-state index contributed by atoms with van der Waals surface area (Å²) >= 11 is 0. The number of carbonyl (C=O) groups is 1. The number of anilines is 1. The molecule has 1 amide bonds. The Morgan fingerprint density at radius 3 is 2.45 bits per heavy atom. The number of nitrogens with one attached hydrogen (secondary N) is 1. The molecule has 1 fully saturated rings. The number of nitrogens with zero attached hydrogens (tertiary/aromatic N) is 1. The SMILES string of the molecule is COc1ccc(NC(=O)CCCOc2ccc(C)cc2)cc1S(=O)(=O)N1CCCCC1. The second-order valence-corrected chi connectivity index (χ2v) is 9.55. The van der Waals surface area contributed by atoms with Crippen molar-refractivity contribution in [1.82, 2.24) is 4.31 Å².